The summed E-state index contributed by atoms with van der Waals surface area (Å²) in [5, 5.41) is 3.84. The topological polar surface area (TPSA) is 98.0 Å². The summed E-state index contributed by atoms with van der Waals surface area (Å²) in [6.07, 6.45) is 0.636. The van der Waals surface area contributed by atoms with Crippen LogP contribution in [0.5, 0.6) is 11.8 Å². The molecule has 3 heterocycles. The monoisotopic (exact) mass is 484 g/mol. The lowest BCUT2D eigenvalue weighted by molar-refractivity contribution is -0.0498. The number of ether oxygens (including phenoxy) is 2. The van der Waals surface area contributed by atoms with Crippen LogP contribution in [-0.2, 0) is 10.8 Å². The van der Waals surface area contributed by atoms with Crippen LogP contribution in [0.15, 0.2) is 28.8 Å². The highest BCUT2D eigenvalue weighted by molar-refractivity contribution is 7.85. The summed E-state index contributed by atoms with van der Waals surface area (Å²) >= 11 is 0. The van der Waals surface area contributed by atoms with E-state index in [-0.39, 0.29) is 29.6 Å². The van der Waals surface area contributed by atoms with Gasteiger partial charge >= 0.3 is 18.7 Å². The Labute approximate surface area is 192 Å². The lowest BCUT2D eigenvalue weighted by atomic mass is 9.84. The molecule has 2 aliphatic heterocycles. The van der Waals surface area contributed by atoms with Crippen LogP contribution in [-0.4, -0.2) is 81.1 Å². The zero-order valence-electron chi connectivity index (χ0n) is 18.2. The van der Waals surface area contributed by atoms with Crippen LogP contribution in [0.1, 0.15) is 36.6 Å². The second kappa shape index (κ2) is 10.4. The molecular formula is C21H26F2N4O5S. The van der Waals surface area contributed by atoms with Gasteiger partial charge in [-0.25, -0.2) is 4.79 Å². The molecule has 9 nitrogen and oxygen atoms in total. The van der Waals surface area contributed by atoms with Crippen molar-refractivity contribution in [2.24, 2.45) is 0 Å². The van der Waals surface area contributed by atoms with E-state index in [0.29, 0.717) is 56.6 Å². The first-order valence-corrected chi connectivity index (χ1v) is 12.3. The quantitative estimate of drug-likeness (QED) is 0.622. The van der Waals surface area contributed by atoms with E-state index in [1.165, 1.54) is 12.1 Å². The smallest absolute Gasteiger partial charge is 0.387 e. The summed E-state index contributed by atoms with van der Waals surface area (Å²) in [7, 11) is -0.887. The Balaban J connectivity index is 1.54. The number of nitrogens with zero attached hydrogens (tertiary/aromatic N) is 4. The van der Waals surface area contributed by atoms with E-state index in [4.69, 9.17) is 9.26 Å². The highest BCUT2D eigenvalue weighted by Gasteiger charge is 2.37. The number of aromatic nitrogens is 2. The number of amides is 2. The van der Waals surface area contributed by atoms with Crippen molar-refractivity contribution in [3.05, 3.63) is 35.7 Å². The Bertz CT molecular complexity index is 964. The second-order valence-corrected chi connectivity index (χ2v) is 9.64. The Morgan fingerprint density at radius 2 is 1.88 bits per heavy atom. The molecule has 0 aliphatic carbocycles. The molecule has 0 saturated carbocycles. The third-order valence-corrected chi connectivity index (χ3v) is 7.07. The van der Waals surface area contributed by atoms with Gasteiger partial charge in [0.15, 0.2) is 0 Å². The number of halogens is 2. The van der Waals surface area contributed by atoms with Crippen LogP contribution < -0.4 is 9.47 Å². The van der Waals surface area contributed by atoms with E-state index in [0.717, 1.165) is 5.56 Å². The van der Waals surface area contributed by atoms with Crippen LogP contribution >= 0.6 is 0 Å². The Hall–Kier alpha value is -2.76. The Kier molecular flexibility index (Phi) is 7.41. The molecule has 1 aromatic carbocycles. The highest BCUT2D eigenvalue weighted by atomic mass is 32.2. The summed E-state index contributed by atoms with van der Waals surface area (Å²) in [5.74, 6) is 1.12. The first-order chi connectivity index (χ1) is 15.9. The standard InChI is InChI=1S/C21H26F2N4O5S/c1-2-30-20-24-18(32-25-20)16-11-15(14-3-5-17(6-4-14)31-19(22)23)12-27(13-16)21(28)26-7-9-33(29)10-8-26/h3-6,15-16,19H,2,7-13H2,1H3. The molecule has 0 radical (unpaired) electrons. The number of rotatable bonds is 6. The normalized spacial score (nSPS) is 21.9. The molecule has 2 aromatic rings. The number of likely N-dealkylation sites (tertiary alicyclic amines) is 1. The minimum atomic E-state index is -2.89. The molecular weight excluding hydrogens is 458 g/mol. The van der Waals surface area contributed by atoms with E-state index < -0.39 is 17.4 Å². The number of benzene rings is 1. The van der Waals surface area contributed by atoms with E-state index >= 15 is 0 Å². The fourth-order valence-electron chi connectivity index (χ4n) is 4.20. The SMILES string of the molecule is CCOc1noc(C2CC(c3ccc(OC(F)F)cc3)CN(C(=O)N3CCS(=O)CC3)C2)n1. The minimum absolute atomic E-state index is 0.0744. The van der Waals surface area contributed by atoms with Gasteiger partial charge < -0.3 is 23.8 Å². The predicted molar refractivity (Wildman–Crippen MR) is 115 cm³/mol. The van der Waals surface area contributed by atoms with Crippen molar-refractivity contribution in [1.82, 2.24) is 19.9 Å². The molecule has 4 rings (SSSR count). The van der Waals surface area contributed by atoms with Gasteiger partial charge in [0.25, 0.3) is 0 Å². The van der Waals surface area contributed by atoms with Gasteiger partial charge in [-0.3, -0.25) is 4.21 Å². The fourth-order valence-corrected chi connectivity index (χ4v) is 5.25. The molecule has 12 heteroatoms. The van der Waals surface area contributed by atoms with Gasteiger partial charge in [-0.15, -0.1) is 0 Å². The molecule has 0 spiro atoms. The maximum Gasteiger partial charge on any atom is 0.387 e. The first-order valence-electron chi connectivity index (χ1n) is 10.8. The van der Waals surface area contributed by atoms with Gasteiger partial charge in [-0.1, -0.05) is 12.1 Å². The summed E-state index contributed by atoms with van der Waals surface area (Å²) in [5.41, 5.74) is 0.892. The van der Waals surface area contributed by atoms with Crippen LogP contribution in [0.25, 0.3) is 0 Å². The molecule has 0 N–H and O–H groups in total. The van der Waals surface area contributed by atoms with Crippen molar-refractivity contribution >= 4 is 16.8 Å². The lowest BCUT2D eigenvalue weighted by Gasteiger charge is -2.40. The lowest BCUT2D eigenvalue weighted by Crippen LogP contribution is -2.52. The van der Waals surface area contributed by atoms with Crippen molar-refractivity contribution in [2.75, 3.05) is 44.3 Å². The van der Waals surface area contributed by atoms with Crippen LogP contribution in [0.3, 0.4) is 0 Å². The summed E-state index contributed by atoms with van der Waals surface area (Å²) in [6.45, 7) is 1.09. The van der Waals surface area contributed by atoms with Crippen molar-refractivity contribution in [3.63, 3.8) is 0 Å². The zero-order valence-corrected chi connectivity index (χ0v) is 19.0. The zero-order chi connectivity index (χ0) is 23.4. The van der Waals surface area contributed by atoms with Crippen LogP contribution in [0.2, 0.25) is 0 Å². The van der Waals surface area contributed by atoms with Crippen LogP contribution in [0, 0.1) is 0 Å². The molecule has 33 heavy (non-hydrogen) atoms. The molecule has 2 amide bonds. The Morgan fingerprint density at radius 3 is 2.55 bits per heavy atom. The third kappa shape index (κ3) is 5.79. The number of hydrogen-bond acceptors (Lipinski definition) is 7. The largest absolute Gasteiger partial charge is 0.462 e. The fraction of sp³-hybridized carbons (Fsp3) is 0.571. The molecule has 2 atom stereocenters. The van der Waals surface area contributed by atoms with E-state index in [9.17, 15) is 17.8 Å². The molecule has 2 fully saturated rings. The summed E-state index contributed by atoms with van der Waals surface area (Å²) < 4.78 is 51.8. The van der Waals surface area contributed by atoms with Gasteiger partial charge in [0.05, 0.1) is 12.5 Å². The summed E-state index contributed by atoms with van der Waals surface area (Å²) in [4.78, 5) is 21.0. The van der Waals surface area contributed by atoms with Crippen LogP contribution in [0.4, 0.5) is 13.6 Å². The highest BCUT2D eigenvalue weighted by Crippen LogP contribution is 2.36. The maximum atomic E-state index is 13.3. The average molecular weight is 485 g/mol. The van der Waals surface area contributed by atoms with Gasteiger partial charge in [0.2, 0.25) is 5.89 Å². The molecule has 0 bridgehead atoms. The van der Waals surface area contributed by atoms with Gasteiger partial charge in [0, 0.05) is 54.4 Å². The van der Waals surface area contributed by atoms with Crippen molar-refractivity contribution in [1.29, 1.82) is 0 Å². The van der Waals surface area contributed by atoms with E-state index in [2.05, 4.69) is 14.9 Å². The molecule has 2 saturated heterocycles. The predicted octanol–water partition coefficient (Wildman–Crippen LogP) is 2.83. The number of piperidine rings is 1. The molecule has 2 unspecified atom stereocenters. The number of carbonyl (C=O) groups excluding carboxylic acids is 1. The average Bonchev–Trinajstić information content (AvgIpc) is 3.28. The number of hydrogen-bond donors (Lipinski definition) is 0. The third-order valence-electron chi connectivity index (χ3n) is 5.79. The Morgan fingerprint density at radius 1 is 1.18 bits per heavy atom. The van der Waals surface area contributed by atoms with Gasteiger partial charge in [0.1, 0.15) is 5.75 Å². The molecule has 1 aromatic heterocycles. The maximum absolute atomic E-state index is 13.3. The number of alkyl halides is 2. The number of carbonyl (C=O) groups is 1. The first kappa shape index (κ1) is 23.4. The summed E-state index contributed by atoms with van der Waals surface area (Å²) in [6, 6.07) is 6.49. The van der Waals surface area contributed by atoms with E-state index in [1.807, 2.05) is 6.92 Å². The number of urea groups is 1. The van der Waals surface area contributed by atoms with Gasteiger partial charge in [-0.2, -0.15) is 13.8 Å². The van der Waals surface area contributed by atoms with Crippen molar-refractivity contribution in [3.8, 4) is 11.8 Å². The van der Waals surface area contributed by atoms with Gasteiger partial charge in [-0.05, 0) is 36.2 Å². The molecule has 180 valence electrons. The van der Waals surface area contributed by atoms with Crippen molar-refractivity contribution in [2.45, 2.75) is 31.8 Å². The van der Waals surface area contributed by atoms with Crippen molar-refractivity contribution < 1.29 is 31.8 Å². The molecule has 2 aliphatic rings. The minimum Gasteiger partial charge on any atom is -0.462 e. The van der Waals surface area contributed by atoms with E-state index in [1.54, 1.807) is 21.9 Å². The second-order valence-electron chi connectivity index (χ2n) is 7.95.